The minimum atomic E-state index is -1.12. The Labute approximate surface area is 141 Å². The highest BCUT2D eigenvalue weighted by molar-refractivity contribution is 6.76. The number of hydrogen-bond donors (Lipinski definition) is 1. The number of ether oxygens (including phenoxy) is 1. The lowest BCUT2D eigenvalue weighted by atomic mass is 10.3. The van der Waals surface area contributed by atoms with Gasteiger partial charge < -0.3 is 10.1 Å². The average molecular weight is 348 g/mol. The fourth-order valence-corrected chi connectivity index (χ4v) is 3.22. The van der Waals surface area contributed by atoms with Crippen LogP contribution in [0, 0.1) is 0 Å². The van der Waals surface area contributed by atoms with Gasteiger partial charge in [-0.2, -0.15) is 0 Å². The van der Waals surface area contributed by atoms with Crippen LogP contribution in [0.25, 0.3) is 11.5 Å². The molecule has 8 nitrogen and oxygen atoms in total. The van der Waals surface area contributed by atoms with Gasteiger partial charge in [0, 0.05) is 33.8 Å². The van der Waals surface area contributed by atoms with Gasteiger partial charge in [-0.25, -0.2) is 4.98 Å². The predicted octanol–water partition coefficient (Wildman–Crippen LogP) is 1.63. The van der Waals surface area contributed by atoms with E-state index in [-0.39, 0.29) is 12.3 Å². The molecular weight excluding hydrogens is 324 g/mol. The number of fused-ring (bicyclic) bond motifs is 1. The van der Waals surface area contributed by atoms with E-state index in [1.54, 1.807) is 0 Å². The lowest BCUT2D eigenvalue weighted by molar-refractivity contribution is 0.0840. The molecule has 1 aliphatic heterocycles. The Kier molecular flexibility index (Phi) is 4.81. The smallest absolute Gasteiger partial charge is 0.255 e. The summed E-state index contributed by atoms with van der Waals surface area (Å²) in [4.78, 5) is 16.6. The third-order valence-corrected chi connectivity index (χ3v) is 5.63. The van der Waals surface area contributed by atoms with Gasteiger partial charge in [-0.15, -0.1) is 10.2 Å². The lowest BCUT2D eigenvalue weighted by Gasteiger charge is -2.16. The van der Waals surface area contributed by atoms with E-state index in [9.17, 15) is 4.79 Å². The molecule has 9 heteroatoms. The first-order valence-electron chi connectivity index (χ1n) is 8.26. The Morgan fingerprint density at radius 2 is 2.17 bits per heavy atom. The molecule has 3 heterocycles. The number of nitrogens with one attached hydrogen (secondary N) is 1. The van der Waals surface area contributed by atoms with E-state index in [1.165, 1.54) is 17.0 Å². The molecule has 0 spiro atoms. The summed E-state index contributed by atoms with van der Waals surface area (Å²) in [6, 6.07) is 2.57. The van der Waals surface area contributed by atoms with Crippen LogP contribution in [-0.4, -0.2) is 45.5 Å². The first-order valence-corrected chi connectivity index (χ1v) is 12.0. The second-order valence-corrected chi connectivity index (χ2v) is 12.8. The van der Waals surface area contributed by atoms with Crippen LogP contribution in [0.3, 0.4) is 0 Å². The molecule has 1 N–H and O–H groups in total. The summed E-state index contributed by atoms with van der Waals surface area (Å²) in [6.45, 7) is 9.52. The molecule has 0 fully saturated rings. The van der Waals surface area contributed by atoms with Gasteiger partial charge in [0.05, 0.1) is 0 Å². The van der Waals surface area contributed by atoms with Crippen LogP contribution in [0.5, 0.6) is 0 Å². The van der Waals surface area contributed by atoms with Gasteiger partial charge in [-0.05, 0) is 12.5 Å². The molecule has 1 aliphatic rings. The Morgan fingerprint density at radius 1 is 1.33 bits per heavy atom. The zero-order valence-electron chi connectivity index (χ0n) is 14.4. The van der Waals surface area contributed by atoms with Crippen LogP contribution < -0.4 is 10.9 Å². The number of aromatic nitrogens is 5. The van der Waals surface area contributed by atoms with E-state index in [1.807, 2.05) is 4.57 Å². The molecular formula is C15H24N6O2Si. The van der Waals surface area contributed by atoms with E-state index in [2.05, 4.69) is 40.1 Å². The van der Waals surface area contributed by atoms with Crippen molar-refractivity contribution >= 4 is 14.0 Å². The van der Waals surface area contributed by atoms with Crippen molar-refractivity contribution in [3.8, 4) is 11.5 Å². The van der Waals surface area contributed by atoms with E-state index in [0.717, 1.165) is 31.5 Å². The van der Waals surface area contributed by atoms with E-state index >= 15 is 0 Å². The first kappa shape index (κ1) is 16.8. The third-order valence-electron chi connectivity index (χ3n) is 3.93. The van der Waals surface area contributed by atoms with Crippen LogP contribution in [0.4, 0.5) is 5.95 Å². The topological polar surface area (TPSA) is 86.9 Å². The van der Waals surface area contributed by atoms with Crippen molar-refractivity contribution in [1.29, 1.82) is 0 Å². The minimum absolute atomic E-state index is 0.144. The number of hydrogen-bond acceptors (Lipinski definition) is 6. The van der Waals surface area contributed by atoms with E-state index in [0.29, 0.717) is 18.1 Å². The Morgan fingerprint density at radius 3 is 2.92 bits per heavy atom. The molecule has 130 valence electrons. The Balaban J connectivity index is 1.69. The van der Waals surface area contributed by atoms with Crippen LogP contribution >= 0.6 is 0 Å². The van der Waals surface area contributed by atoms with E-state index in [4.69, 9.17) is 4.74 Å². The molecule has 0 radical (unpaired) electrons. The molecule has 0 saturated carbocycles. The highest BCUT2D eigenvalue weighted by atomic mass is 28.3. The molecule has 0 unspecified atom stereocenters. The number of rotatable bonds is 6. The van der Waals surface area contributed by atoms with Gasteiger partial charge in [0.15, 0.2) is 5.82 Å². The molecule has 0 saturated heterocycles. The average Bonchev–Trinajstić information content (AvgIpc) is 2.96. The van der Waals surface area contributed by atoms with Gasteiger partial charge in [-0.1, -0.05) is 19.6 Å². The highest BCUT2D eigenvalue weighted by Crippen LogP contribution is 2.20. The molecule has 0 bridgehead atoms. The summed E-state index contributed by atoms with van der Waals surface area (Å²) in [5, 5.41) is 11.4. The highest BCUT2D eigenvalue weighted by Gasteiger charge is 2.18. The van der Waals surface area contributed by atoms with Gasteiger partial charge in [0.25, 0.3) is 5.56 Å². The number of anilines is 1. The summed E-state index contributed by atoms with van der Waals surface area (Å²) >= 11 is 0. The molecule has 0 aliphatic carbocycles. The SMILES string of the molecule is C[Si](C)(C)CCOCn1cnc(-c2nnc3n2CCCN3)cc1=O. The molecule has 0 atom stereocenters. The van der Waals surface area contributed by atoms with Crippen molar-refractivity contribution < 1.29 is 4.74 Å². The van der Waals surface area contributed by atoms with Crippen LogP contribution in [0.2, 0.25) is 25.7 Å². The van der Waals surface area contributed by atoms with Crippen molar-refractivity contribution in [3.63, 3.8) is 0 Å². The molecule has 24 heavy (non-hydrogen) atoms. The maximum Gasteiger partial charge on any atom is 0.255 e. The first-order chi connectivity index (χ1) is 11.4. The molecule has 0 aromatic carbocycles. The maximum atomic E-state index is 12.3. The third kappa shape index (κ3) is 3.90. The van der Waals surface area contributed by atoms with Gasteiger partial charge >= 0.3 is 0 Å². The fraction of sp³-hybridized carbons (Fsp3) is 0.600. The summed E-state index contributed by atoms with van der Waals surface area (Å²) in [6.07, 6.45) is 2.52. The summed E-state index contributed by atoms with van der Waals surface area (Å²) in [7, 11) is -1.12. The molecule has 2 aromatic heterocycles. The van der Waals surface area contributed by atoms with Crippen molar-refractivity contribution in [1.82, 2.24) is 24.3 Å². The van der Waals surface area contributed by atoms with E-state index < -0.39 is 8.07 Å². The summed E-state index contributed by atoms with van der Waals surface area (Å²) < 4.78 is 9.04. The van der Waals surface area contributed by atoms with Crippen LogP contribution in [0.15, 0.2) is 17.2 Å². The van der Waals surface area contributed by atoms with Gasteiger partial charge in [0.2, 0.25) is 5.95 Å². The lowest BCUT2D eigenvalue weighted by Crippen LogP contribution is -2.25. The minimum Gasteiger partial charge on any atom is -0.361 e. The van der Waals surface area contributed by atoms with Crippen LogP contribution in [-0.2, 0) is 18.0 Å². The maximum absolute atomic E-state index is 12.3. The van der Waals surface area contributed by atoms with Crippen molar-refractivity contribution in [3.05, 3.63) is 22.7 Å². The fourth-order valence-electron chi connectivity index (χ4n) is 2.46. The molecule has 2 aromatic rings. The monoisotopic (exact) mass is 348 g/mol. The van der Waals surface area contributed by atoms with Crippen LogP contribution in [0.1, 0.15) is 6.42 Å². The van der Waals surface area contributed by atoms with Gasteiger partial charge in [-0.3, -0.25) is 13.9 Å². The second-order valence-electron chi connectivity index (χ2n) is 7.21. The Bertz CT molecular complexity index is 764. The second kappa shape index (κ2) is 6.86. The van der Waals surface area contributed by atoms with Gasteiger partial charge in [0.1, 0.15) is 18.8 Å². The quantitative estimate of drug-likeness (QED) is 0.631. The Hall–Kier alpha value is -2.00. The van der Waals surface area contributed by atoms with Crippen molar-refractivity contribution in [2.75, 3.05) is 18.5 Å². The largest absolute Gasteiger partial charge is 0.361 e. The normalized spacial score (nSPS) is 14.3. The predicted molar refractivity (Wildman–Crippen MR) is 94.7 cm³/mol. The van der Waals surface area contributed by atoms with Crippen molar-refractivity contribution in [2.24, 2.45) is 0 Å². The standard InChI is InChI=1S/C15H24N6O2Si/c1-24(2,3)8-7-23-11-20-10-17-12(9-13(20)22)14-18-19-15-16-5-4-6-21(14)15/h9-10H,4-8,11H2,1-3H3,(H,16,19). The number of nitrogens with zero attached hydrogens (tertiary/aromatic N) is 5. The molecule has 3 rings (SSSR count). The summed E-state index contributed by atoms with van der Waals surface area (Å²) in [5.41, 5.74) is 0.398. The summed E-state index contributed by atoms with van der Waals surface area (Å²) in [5.74, 6) is 1.36. The zero-order chi connectivity index (χ0) is 17.2. The zero-order valence-corrected chi connectivity index (χ0v) is 15.4. The molecule has 0 amide bonds. The van der Waals surface area contributed by atoms with Crippen molar-refractivity contribution in [2.45, 2.75) is 45.4 Å².